The number of rotatable bonds is 4. The summed E-state index contributed by atoms with van der Waals surface area (Å²) in [6.45, 7) is 4.70. The van der Waals surface area contributed by atoms with E-state index in [1.54, 1.807) is 0 Å². The first-order valence-corrected chi connectivity index (χ1v) is 9.33. The summed E-state index contributed by atoms with van der Waals surface area (Å²) >= 11 is 0. The third kappa shape index (κ3) is 2.75. The molecule has 1 aliphatic heterocycles. The lowest BCUT2D eigenvalue weighted by Gasteiger charge is -2.33. The number of aromatic nitrogens is 1. The van der Waals surface area contributed by atoms with Crippen LogP contribution in [0.2, 0.25) is 0 Å². The number of fused-ring (bicyclic) bond motifs is 1. The van der Waals surface area contributed by atoms with Gasteiger partial charge in [-0.2, -0.15) is 0 Å². The van der Waals surface area contributed by atoms with Crippen molar-refractivity contribution in [1.82, 2.24) is 9.88 Å². The molecule has 1 saturated heterocycles. The Labute approximate surface area is 155 Å². The molecule has 0 radical (unpaired) electrons. The topological polar surface area (TPSA) is 101 Å². The Morgan fingerprint density at radius 1 is 1.37 bits per heavy atom. The van der Waals surface area contributed by atoms with E-state index in [2.05, 4.69) is 5.32 Å². The van der Waals surface area contributed by atoms with Crippen molar-refractivity contribution < 1.29 is 14.3 Å². The van der Waals surface area contributed by atoms with Gasteiger partial charge in [0.15, 0.2) is 5.82 Å². The zero-order valence-electron chi connectivity index (χ0n) is 15.2. The van der Waals surface area contributed by atoms with Crippen molar-refractivity contribution >= 4 is 28.2 Å². The second kappa shape index (κ2) is 6.53. The number of hydrogen-bond donors (Lipinski definition) is 3. The van der Waals surface area contributed by atoms with Crippen LogP contribution in [0.25, 0.3) is 10.9 Å². The van der Waals surface area contributed by atoms with Crippen molar-refractivity contribution in [2.45, 2.75) is 32.2 Å². The molecule has 0 amide bonds. The second-order valence-corrected chi connectivity index (χ2v) is 7.18. The molecule has 4 N–H and O–H groups in total. The van der Waals surface area contributed by atoms with Gasteiger partial charge in [0.1, 0.15) is 5.56 Å². The van der Waals surface area contributed by atoms with E-state index in [0.717, 1.165) is 31.5 Å². The van der Waals surface area contributed by atoms with Crippen molar-refractivity contribution in [2.75, 3.05) is 36.8 Å². The van der Waals surface area contributed by atoms with Gasteiger partial charge in [-0.3, -0.25) is 4.79 Å². The highest BCUT2D eigenvalue weighted by atomic mass is 19.1. The van der Waals surface area contributed by atoms with E-state index in [1.165, 1.54) is 6.20 Å². The van der Waals surface area contributed by atoms with E-state index >= 15 is 4.39 Å². The van der Waals surface area contributed by atoms with Crippen LogP contribution in [0.1, 0.15) is 41.7 Å². The molecular weight excluding hydrogens is 351 g/mol. The molecule has 4 rings (SSSR count). The summed E-state index contributed by atoms with van der Waals surface area (Å²) in [5, 5.41) is 12.7. The smallest absolute Gasteiger partial charge is 0.341 e. The van der Waals surface area contributed by atoms with Gasteiger partial charge in [0, 0.05) is 44.0 Å². The summed E-state index contributed by atoms with van der Waals surface area (Å²) in [6, 6.07) is 0.122. The number of nitrogens with two attached hydrogens (primary N) is 1. The number of halogens is 1. The molecule has 2 fully saturated rings. The van der Waals surface area contributed by atoms with Gasteiger partial charge < -0.3 is 25.6 Å². The molecule has 144 valence electrons. The molecule has 2 aromatic rings. The molecular formula is C19H23FN4O3. The van der Waals surface area contributed by atoms with E-state index in [-0.39, 0.29) is 22.7 Å². The van der Waals surface area contributed by atoms with Gasteiger partial charge in [0.2, 0.25) is 5.43 Å². The number of carboxylic acids is 1. The predicted octanol–water partition coefficient (Wildman–Crippen LogP) is 1.73. The molecule has 0 atom stereocenters. The second-order valence-electron chi connectivity index (χ2n) is 7.18. The fraction of sp³-hybridized carbons (Fsp3) is 0.474. The van der Waals surface area contributed by atoms with Gasteiger partial charge >= 0.3 is 5.97 Å². The lowest BCUT2D eigenvalue weighted by Crippen LogP contribution is -2.44. The number of pyridine rings is 1. The number of nitrogen functional groups attached to an aromatic ring is 1. The Bertz CT molecular complexity index is 991. The average Bonchev–Trinajstić information content (AvgIpc) is 3.49. The zero-order chi connectivity index (χ0) is 19.3. The van der Waals surface area contributed by atoms with E-state index in [0.29, 0.717) is 30.7 Å². The predicted molar refractivity (Wildman–Crippen MR) is 102 cm³/mol. The first kappa shape index (κ1) is 17.8. The maximum Gasteiger partial charge on any atom is 0.341 e. The van der Waals surface area contributed by atoms with Crippen LogP contribution < -0.4 is 21.4 Å². The van der Waals surface area contributed by atoms with Gasteiger partial charge in [0.05, 0.1) is 22.3 Å². The molecule has 1 aliphatic carbocycles. The van der Waals surface area contributed by atoms with Crippen LogP contribution in [0.15, 0.2) is 11.0 Å². The number of benzene rings is 1. The number of aryl methyl sites for hydroxylation is 1. The van der Waals surface area contributed by atoms with Gasteiger partial charge in [-0.25, -0.2) is 9.18 Å². The lowest BCUT2D eigenvalue weighted by atomic mass is 9.99. The van der Waals surface area contributed by atoms with Crippen molar-refractivity contribution in [3.63, 3.8) is 0 Å². The van der Waals surface area contributed by atoms with E-state index < -0.39 is 17.2 Å². The largest absolute Gasteiger partial charge is 0.477 e. The Kier molecular flexibility index (Phi) is 4.30. The Morgan fingerprint density at radius 3 is 2.59 bits per heavy atom. The van der Waals surface area contributed by atoms with E-state index in [9.17, 15) is 14.7 Å². The zero-order valence-corrected chi connectivity index (χ0v) is 15.2. The van der Waals surface area contributed by atoms with Crippen molar-refractivity contribution in [3.8, 4) is 0 Å². The van der Waals surface area contributed by atoms with Crippen LogP contribution in [0.5, 0.6) is 0 Å². The van der Waals surface area contributed by atoms with E-state index in [4.69, 9.17) is 5.73 Å². The number of carbonyl (C=O) groups is 1. The summed E-state index contributed by atoms with van der Waals surface area (Å²) in [7, 11) is 0. The summed E-state index contributed by atoms with van der Waals surface area (Å²) in [5.74, 6) is -1.94. The minimum absolute atomic E-state index is 0.00460. The van der Waals surface area contributed by atoms with Crippen LogP contribution in [0.4, 0.5) is 15.8 Å². The van der Waals surface area contributed by atoms with Crippen LogP contribution >= 0.6 is 0 Å². The number of nitrogens with zero attached hydrogens (tertiary/aromatic N) is 2. The van der Waals surface area contributed by atoms with Crippen LogP contribution in [-0.4, -0.2) is 41.8 Å². The Balaban J connectivity index is 2.12. The van der Waals surface area contributed by atoms with Gasteiger partial charge in [-0.1, -0.05) is 6.92 Å². The molecule has 2 aliphatic rings. The summed E-state index contributed by atoms with van der Waals surface area (Å²) in [6.07, 6.45) is 3.73. The monoisotopic (exact) mass is 374 g/mol. The molecule has 1 aromatic carbocycles. The summed E-state index contributed by atoms with van der Waals surface area (Å²) < 4.78 is 17.2. The quantitative estimate of drug-likeness (QED) is 0.705. The molecule has 2 heterocycles. The number of carboxylic acid groups (broad SMARTS) is 1. The Morgan fingerprint density at radius 2 is 2.04 bits per heavy atom. The molecule has 1 saturated carbocycles. The molecule has 0 bridgehead atoms. The van der Waals surface area contributed by atoms with Crippen molar-refractivity contribution in [1.29, 1.82) is 0 Å². The van der Waals surface area contributed by atoms with Gasteiger partial charge in [-0.05, 0) is 19.3 Å². The summed E-state index contributed by atoms with van der Waals surface area (Å²) in [5.41, 5.74) is 6.51. The molecule has 27 heavy (non-hydrogen) atoms. The highest BCUT2D eigenvalue weighted by Crippen LogP contribution is 2.42. The van der Waals surface area contributed by atoms with Gasteiger partial charge in [0.25, 0.3) is 0 Å². The van der Waals surface area contributed by atoms with E-state index in [1.807, 2.05) is 16.4 Å². The maximum atomic E-state index is 15.3. The number of piperazine rings is 1. The molecule has 0 spiro atoms. The minimum atomic E-state index is -1.32. The maximum absolute atomic E-state index is 15.3. The third-order valence-corrected chi connectivity index (χ3v) is 5.48. The standard InChI is InChI=1S/C19H23FN4O3/c1-2-11-16-13(15(21)14(20)17(11)23-7-5-22-6-8-23)18(25)12(19(26)27)9-24(16)10-3-4-10/h9-10,22H,2-8,21H2,1H3,(H,26,27). The number of anilines is 2. The first-order valence-electron chi connectivity index (χ1n) is 9.33. The van der Waals surface area contributed by atoms with Crippen molar-refractivity contribution in [3.05, 3.63) is 33.4 Å². The highest BCUT2D eigenvalue weighted by molar-refractivity contribution is 6.01. The van der Waals surface area contributed by atoms with Gasteiger partial charge in [-0.15, -0.1) is 0 Å². The molecule has 1 aromatic heterocycles. The van der Waals surface area contributed by atoms with Crippen LogP contribution in [0, 0.1) is 5.82 Å². The fourth-order valence-electron chi connectivity index (χ4n) is 4.02. The number of nitrogens with one attached hydrogen (secondary N) is 1. The Hall–Kier alpha value is -2.61. The third-order valence-electron chi connectivity index (χ3n) is 5.48. The fourth-order valence-corrected chi connectivity index (χ4v) is 4.02. The minimum Gasteiger partial charge on any atom is -0.477 e. The van der Waals surface area contributed by atoms with Crippen LogP contribution in [0.3, 0.4) is 0 Å². The first-order chi connectivity index (χ1) is 13.0. The lowest BCUT2D eigenvalue weighted by molar-refractivity contribution is 0.0695. The number of aromatic carboxylic acids is 1. The normalized spacial score (nSPS) is 17.5. The summed E-state index contributed by atoms with van der Waals surface area (Å²) in [4.78, 5) is 26.4. The SMILES string of the molecule is CCc1c(N2CCNCC2)c(F)c(N)c2c(=O)c(C(=O)O)cn(C3CC3)c12. The van der Waals surface area contributed by atoms with Crippen LogP contribution in [-0.2, 0) is 6.42 Å². The number of hydrogen-bond acceptors (Lipinski definition) is 5. The molecule has 7 nitrogen and oxygen atoms in total. The molecule has 8 heteroatoms. The average molecular weight is 374 g/mol. The van der Waals surface area contributed by atoms with Crippen molar-refractivity contribution in [2.24, 2.45) is 0 Å². The highest BCUT2D eigenvalue weighted by Gasteiger charge is 2.32. The molecule has 0 unspecified atom stereocenters.